The van der Waals surface area contributed by atoms with E-state index in [0.717, 1.165) is 18.2 Å². The van der Waals surface area contributed by atoms with Gasteiger partial charge in [-0.1, -0.05) is 11.6 Å². The molecule has 6 rings (SSSR count). The average molecular weight is 452 g/mol. The summed E-state index contributed by atoms with van der Waals surface area (Å²) in [6, 6.07) is 5.81. The van der Waals surface area contributed by atoms with Crippen LogP contribution >= 0.6 is 11.6 Å². The van der Waals surface area contributed by atoms with Gasteiger partial charge in [0.2, 0.25) is 0 Å². The number of carbonyl (C=O) groups excluding carboxylic acids is 2. The molecule has 162 valence electrons. The minimum Gasteiger partial charge on any atom is -0.484 e. The molecule has 2 amide bonds. The Bertz CT molecular complexity index is 1110. The zero-order chi connectivity index (χ0) is 22.0. The number of rotatable bonds is 5. The lowest BCUT2D eigenvalue weighted by atomic mass is 9.43. The largest absolute Gasteiger partial charge is 0.484 e. The number of benzene rings is 2. The number of nitrogens with one attached hydrogen (secondary N) is 2. The molecule has 2 aromatic carbocycles. The Balaban J connectivity index is 1.17. The molecule has 0 spiro atoms. The highest BCUT2D eigenvalue weighted by atomic mass is 35.5. The molecule has 2 aromatic rings. The van der Waals surface area contributed by atoms with Gasteiger partial charge >= 0.3 is 0 Å². The number of anilines is 1. The van der Waals surface area contributed by atoms with Crippen LogP contribution in [0.1, 0.15) is 29.6 Å². The van der Waals surface area contributed by atoms with Crippen LogP contribution in [0.25, 0.3) is 0 Å². The fourth-order valence-corrected chi connectivity index (χ4v) is 4.95. The summed E-state index contributed by atoms with van der Waals surface area (Å²) >= 11 is 5.61. The number of ether oxygens (including phenoxy) is 1. The van der Waals surface area contributed by atoms with Crippen LogP contribution in [0.3, 0.4) is 0 Å². The SMILES string of the molecule is O=C(COc1ccc(Cl)c(F)c1)NC12CC(N3CNc4cc(F)c(F)cc4C3=O)(C1)C2. The molecule has 1 heterocycles. The lowest BCUT2D eigenvalue weighted by molar-refractivity contribution is -0.169. The van der Waals surface area contributed by atoms with Crippen LogP contribution in [0.15, 0.2) is 30.3 Å². The Morgan fingerprint density at radius 3 is 2.55 bits per heavy atom. The third kappa shape index (κ3) is 3.18. The van der Waals surface area contributed by atoms with E-state index in [1.54, 1.807) is 4.90 Å². The van der Waals surface area contributed by atoms with Gasteiger partial charge in [0.1, 0.15) is 11.6 Å². The molecule has 1 aliphatic heterocycles. The predicted octanol–water partition coefficient (Wildman–Crippen LogP) is 3.45. The highest BCUT2D eigenvalue weighted by Crippen LogP contribution is 2.64. The van der Waals surface area contributed by atoms with E-state index in [4.69, 9.17) is 16.3 Å². The zero-order valence-corrected chi connectivity index (χ0v) is 16.9. The van der Waals surface area contributed by atoms with Crippen molar-refractivity contribution in [2.45, 2.75) is 30.3 Å². The van der Waals surface area contributed by atoms with Crippen molar-refractivity contribution in [3.63, 3.8) is 0 Å². The summed E-state index contributed by atoms with van der Waals surface area (Å²) in [5, 5.41) is 5.85. The van der Waals surface area contributed by atoms with Crippen LogP contribution in [-0.2, 0) is 4.79 Å². The molecule has 31 heavy (non-hydrogen) atoms. The predicted molar refractivity (Wildman–Crippen MR) is 105 cm³/mol. The van der Waals surface area contributed by atoms with E-state index in [0.29, 0.717) is 19.3 Å². The summed E-state index contributed by atoms with van der Waals surface area (Å²) < 4.78 is 45.7. The van der Waals surface area contributed by atoms with Crippen molar-refractivity contribution in [1.82, 2.24) is 10.2 Å². The quantitative estimate of drug-likeness (QED) is 0.730. The van der Waals surface area contributed by atoms with Crippen LogP contribution in [-0.4, -0.2) is 41.1 Å². The van der Waals surface area contributed by atoms with Gasteiger partial charge < -0.3 is 20.3 Å². The molecular weight excluding hydrogens is 435 g/mol. The van der Waals surface area contributed by atoms with Crippen molar-refractivity contribution < 1.29 is 27.5 Å². The van der Waals surface area contributed by atoms with Crippen molar-refractivity contribution >= 4 is 29.1 Å². The van der Waals surface area contributed by atoms with Gasteiger partial charge in [-0.25, -0.2) is 13.2 Å². The molecule has 0 unspecified atom stereocenters. The van der Waals surface area contributed by atoms with E-state index < -0.39 is 28.5 Å². The van der Waals surface area contributed by atoms with E-state index in [-0.39, 0.29) is 47.1 Å². The van der Waals surface area contributed by atoms with Gasteiger partial charge in [-0.05, 0) is 37.5 Å². The molecule has 10 heteroatoms. The molecule has 0 aromatic heterocycles. The highest BCUT2D eigenvalue weighted by molar-refractivity contribution is 6.30. The molecule has 2 N–H and O–H groups in total. The molecule has 0 saturated heterocycles. The molecular formula is C21H17ClF3N3O3. The Hall–Kier alpha value is -2.94. The van der Waals surface area contributed by atoms with Crippen LogP contribution in [0, 0.1) is 17.5 Å². The van der Waals surface area contributed by atoms with Crippen molar-refractivity contribution in [3.05, 3.63) is 58.4 Å². The third-order valence-corrected chi connectivity index (χ3v) is 6.51. The van der Waals surface area contributed by atoms with Gasteiger partial charge in [-0.2, -0.15) is 0 Å². The zero-order valence-electron chi connectivity index (χ0n) is 16.1. The Labute approximate surface area is 180 Å². The fraction of sp³-hybridized carbons (Fsp3) is 0.333. The monoisotopic (exact) mass is 451 g/mol. The van der Waals surface area contributed by atoms with Crippen LogP contribution in [0.2, 0.25) is 5.02 Å². The van der Waals surface area contributed by atoms with Gasteiger partial charge in [-0.3, -0.25) is 9.59 Å². The van der Waals surface area contributed by atoms with Gasteiger partial charge in [0.15, 0.2) is 18.2 Å². The minimum absolute atomic E-state index is 0.0341. The second-order valence-electron chi connectivity index (χ2n) is 8.33. The lowest BCUT2D eigenvalue weighted by Gasteiger charge is -2.73. The normalized spacial score (nSPS) is 25.7. The summed E-state index contributed by atoms with van der Waals surface area (Å²) in [4.78, 5) is 26.7. The fourth-order valence-electron chi connectivity index (χ4n) is 4.84. The molecule has 0 radical (unpaired) electrons. The van der Waals surface area contributed by atoms with Crippen LogP contribution in [0.4, 0.5) is 18.9 Å². The molecule has 0 atom stereocenters. The number of fused-ring (bicyclic) bond motifs is 1. The summed E-state index contributed by atoms with van der Waals surface area (Å²) in [5.74, 6) is -3.24. The summed E-state index contributed by atoms with van der Waals surface area (Å²) in [6.45, 7) is -0.0928. The van der Waals surface area contributed by atoms with E-state index in [2.05, 4.69) is 10.6 Å². The number of hydrogen-bond acceptors (Lipinski definition) is 4. The van der Waals surface area contributed by atoms with Gasteiger partial charge in [-0.15, -0.1) is 0 Å². The maximum absolute atomic E-state index is 13.6. The van der Waals surface area contributed by atoms with E-state index in [9.17, 15) is 22.8 Å². The molecule has 3 saturated carbocycles. The van der Waals surface area contributed by atoms with E-state index in [1.165, 1.54) is 12.1 Å². The van der Waals surface area contributed by atoms with Gasteiger partial charge in [0.05, 0.1) is 28.5 Å². The molecule has 4 aliphatic rings. The molecule has 6 nitrogen and oxygen atoms in total. The first-order valence-electron chi connectivity index (χ1n) is 9.64. The van der Waals surface area contributed by atoms with Crippen molar-refractivity contribution in [2.24, 2.45) is 0 Å². The Kier molecular flexibility index (Phi) is 4.37. The summed E-state index contributed by atoms with van der Waals surface area (Å²) in [6.07, 6.45) is 1.69. The first-order valence-corrected chi connectivity index (χ1v) is 10.0. The van der Waals surface area contributed by atoms with Crippen LogP contribution < -0.4 is 15.4 Å². The Morgan fingerprint density at radius 1 is 1.13 bits per heavy atom. The second-order valence-corrected chi connectivity index (χ2v) is 8.73. The number of nitrogens with zero attached hydrogens (tertiary/aromatic N) is 1. The first-order chi connectivity index (χ1) is 14.7. The number of hydrogen-bond donors (Lipinski definition) is 2. The smallest absolute Gasteiger partial charge is 0.258 e. The van der Waals surface area contributed by atoms with Crippen LogP contribution in [0.5, 0.6) is 5.75 Å². The summed E-state index contributed by atoms with van der Waals surface area (Å²) in [5.41, 5.74) is -0.470. The van der Waals surface area contributed by atoms with Crippen molar-refractivity contribution in [1.29, 1.82) is 0 Å². The van der Waals surface area contributed by atoms with E-state index in [1.807, 2.05) is 0 Å². The number of amides is 2. The second kappa shape index (κ2) is 6.78. The van der Waals surface area contributed by atoms with Crippen molar-refractivity contribution in [3.8, 4) is 5.75 Å². The summed E-state index contributed by atoms with van der Waals surface area (Å²) in [7, 11) is 0. The average Bonchev–Trinajstić information content (AvgIpc) is 2.67. The van der Waals surface area contributed by atoms with Crippen molar-refractivity contribution in [2.75, 3.05) is 18.6 Å². The maximum atomic E-state index is 13.6. The van der Waals surface area contributed by atoms with E-state index >= 15 is 0 Å². The topological polar surface area (TPSA) is 70.7 Å². The lowest BCUT2D eigenvalue weighted by Crippen LogP contribution is -2.84. The Morgan fingerprint density at radius 2 is 1.84 bits per heavy atom. The molecule has 3 fully saturated rings. The molecule has 2 bridgehead atoms. The number of halogens is 4. The first kappa shape index (κ1) is 20.0. The van der Waals surface area contributed by atoms with Gasteiger partial charge in [0.25, 0.3) is 11.8 Å². The minimum atomic E-state index is -1.07. The maximum Gasteiger partial charge on any atom is 0.258 e. The third-order valence-electron chi connectivity index (χ3n) is 6.20. The van der Waals surface area contributed by atoms with Gasteiger partial charge in [0, 0.05) is 17.7 Å². The molecule has 3 aliphatic carbocycles. The number of carbonyl (C=O) groups is 2. The standard InChI is InChI=1S/C21H17ClF3N3O3/c22-13-2-1-11(3-14(13)23)31-6-18(29)27-20-7-21(8-20,9-20)28-10-26-17-5-16(25)15(24)4-12(17)19(28)30/h1-5,26H,6-10H2,(H,27,29). The highest BCUT2D eigenvalue weighted by Gasteiger charge is 2.72.